The van der Waals surface area contributed by atoms with E-state index < -0.39 is 0 Å². The van der Waals surface area contributed by atoms with E-state index in [0.717, 1.165) is 19.3 Å². The SMILES string of the molecule is CCCCCC(CCCCC)OC(=O)C(CC(C)(C)C)C(C)C(C)C. The molecule has 0 aliphatic heterocycles. The molecule has 0 aromatic rings. The summed E-state index contributed by atoms with van der Waals surface area (Å²) in [5, 5.41) is 0. The van der Waals surface area contributed by atoms with Crippen molar-refractivity contribution >= 4 is 5.97 Å². The lowest BCUT2D eigenvalue weighted by molar-refractivity contribution is -0.158. The Morgan fingerprint density at radius 3 is 1.72 bits per heavy atom. The second kappa shape index (κ2) is 12.8. The second-order valence-corrected chi connectivity index (χ2v) is 9.52. The molecule has 2 nitrogen and oxygen atoms in total. The lowest BCUT2D eigenvalue weighted by Crippen LogP contribution is -2.33. The van der Waals surface area contributed by atoms with Crippen LogP contribution in [0.2, 0.25) is 0 Å². The molecule has 2 atom stereocenters. The van der Waals surface area contributed by atoms with E-state index in [1.54, 1.807) is 0 Å². The largest absolute Gasteiger partial charge is 0.462 e. The van der Waals surface area contributed by atoms with Crippen LogP contribution in [0.25, 0.3) is 0 Å². The molecule has 0 aromatic carbocycles. The third kappa shape index (κ3) is 11.7. The van der Waals surface area contributed by atoms with Crippen LogP contribution in [-0.4, -0.2) is 12.1 Å². The molecule has 0 saturated carbocycles. The summed E-state index contributed by atoms with van der Waals surface area (Å²) in [6, 6.07) is 0. The maximum absolute atomic E-state index is 13.0. The molecule has 25 heavy (non-hydrogen) atoms. The summed E-state index contributed by atoms with van der Waals surface area (Å²) in [6.07, 6.45) is 10.3. The van der Waals surface area contributed by atoms with Gasteiger partial charge >= 0.3 is 5.97 Å². The molecule has 2 unspecified atom stereocenters. The molecule has 0 saturated heterocycles. The molecule has 0 aromatic heterocycles. The van der Waals surface area contributed by atoms with Gasteiger partial charge < -0.3 is 4.74 Å². The minimum Gasteiger partial charge on any atom is -0.462 e. The summed E-state index contributed by atoms with van der Waals surface area (Å²) in [7, 11) is 0. The number of carbonyl (C=O) groups is 1. The van der Waals surface area contributed by atoms with E-state index in [9.17, 15) is 4.79 Å². The highest BCUT2D eigenvalue weighted by molar-refractivity contribution is 5.73. The van der Waals surface area contributed by atoms with Gasteiger partial charge in [0.2, 0.25) is 0 Å². The van der Waals surface area contributed by atoms with Gasteiger partial charge in [0.25, 0.3) is 0 Å². The highest BCUT2D eigenvalue weighted by Crippen LogP contribution is 2.34. The van der Waals surface area contributed by atoms with Crippen molar-refractivity contribution in [3.63, 3.8) is 0 Å². The summed E-state index contributed by atoms with van der Waals surface area (Å²) < 4.78 is 6.08. The molecule has 2 heteroatoms. The third-order valence-corrected chi connectivity index (χ3v) is 5.36. The highest BCUT2D eigenvalue weighted by atomic mass is 16.5. The van der Waals surface area contributed by atoms with E-state index in [1.807, 2.05) is 0 Å². The number of esters is 1. The smallest absolute Gasteiger partial charge is 0.309 e. The van der Waals surface area contributed by atoms with Crippen molar-refractivity contribution in [2.45, 2.75) is 119 Å². The first-order valence-corrected chi connectivity index (χ1v) is 10.8. The Labute approximate surface area is 158 Å². The molecule has 0 aliphatic rings. The number of carbonyl (C=O) groups excluding carboxylic acids is 1. The highest BCUT2D eigenvalue weighted by Gasteiger charge is 2.33. The number of rotatable bonds is 13. The lowest BCUT2D eigenvalue weighted by Gasteiger charge is -2.32. The van der Waals surface area contributed by atoms with Crippen LogP contribution in [-0.2, 0) is 9.53 Å². The maximum Gasteiger partial charge on any atom is 0.309 e. The Morgan fingerprint density at radius 2 is 1.36 bits per heavy atom. The average Bonchev–Trinajstić information content (AvgIpc) is 2.51. The first kappa shape index (κ1) is 24.5. The molecule has 0 heterocycles. The predicted octanol–water partition coefficient (Wildman–Crippen LogP) is 7.40. The Kier molecular flexibility index (Phi) is 12.5. The second-order valence-electron chi connectivity index (χ2n) is 9.52. The summed E-state index contributed by atoms with van der Waals surface area (Å²) >= 11 is 0. The van der Waals surface area contributed by atoms with E-state index in [4.69, 9.17) is 4.74 Å². The van der Waals surface area contributed by atoms with Gasteiger partial charge in [-0.2, -0.15) is 0 Å². The molecular formula is C23H46O2. The predicted molar refractivity (Wildman–Crippen MR) is 110 cm³/mol. The summed E-state index contributed by atoms with van der Waals surface area (Å²) in [4.78, 5) is 13.0. The van der Waals surface area contributed by atoms with Crippen LogP contribution in [0.5, 0.6) is 0 Å². The molecule has 0 aliphatic carbocycles. The zero-order valence-electron chi connectivity index (χ0n) is 18.5. The van der Waals surface area contributed by atoms with Crippen molar-refractivity contribution < 1.29 is 9.53 Å². The molecule has 150 valence electrons. The fourth-order valence-electron chi connectivity index (χ4n) is 3.37. The van der Waals surface area contributed by atoms with Crippen molar-refractivity contribution in [3.8, 4) is 0 Å². The van der Waals surface area contributed by atoms with Crippen LogP contribution < -0.4 is 0 Å². The number of unbranched alkanes of at least 4 members (excludes halogenated alkanes) is 4. The van der Waals surface area contributed by atoms with Crippen LogP contribution in [0, 0.1) is 23.2 Å². The van der Waals surface area contributed by atoms with Gasteiger partial charge in [-0.05, 0) is 49.4 Å². The molecule has 0 bridgehead atoms. The number of ether oxygens (including phenoxy) is 1. The van der Waals surface area contributed by atoms with Crippen molar-refractivity contribution in [1.29, 1.82) is 0 Å². The van der Waals surface area contributed by atoms with Crippen molar-refractivity contribution in [2.75, 3.05) is 0 Å². The first-order valence-electron chi connectivity index (χ1n) is 10.8. The summed E-state index contributed by atoms with van der Waals surface area (Å²) in [5.74, 6) is 0.922. The van der Waals surface area contributed by atoms with Gasteiger partial charge in [-0.1, -0.05) is 81.1 Å². The van der Waals surface area contributed by atoms with E-state index in [1.165, 1.54) is 38.5 Å². The van der Waals surface area contributed by atoms with Gasteiger partial charge in [-0.3, -0.25) is 4.79 Å². The average molecular weight is 355 g/mol. The standard InChI is InChI=1S/C23H46O2/c1-9-11-13-15-20(16-14-12-10-2)25-22(24)21(17-23(6,7)8)19(5)18(3)4/h18-21H,9-17H2,1-8H3. The van der Waals surface area contributed by atoms with Gasteiger partial charge in [-0.25, -0.2) is 0 Å². The van der Waals surface area contributed by atoms with Gasteiger partial charge in [0, 0.05) is 0 Å². The van der Waals surface area contributed by atoms with Gasteiger partial charge in [0.1, 0.15) is 6.10 Å². The topological polar surface area (TPSA) is 26.3 Å². The van der Waals surface area contributed by atoms with Crippen LogP contribution >= 0.6 is 0 Å². The fraction of sp³-hybridized carbons (Fsp3) is 0.957. The Morgan fingerprint density at radius 1 is 0.880 bits per heavy atom. The van der Waals surface area contributed by atoms with Crippen LogP contribution in [0.4, 0.5) is 0 Å². The molecule has 0 rings (SSSR count). The van der Waals surface area contributed by atoms with Crippen molar-refractivity contribution in [2.24, 2.45) is 23.2 Å². The summed E-state index contributed by atoms with van der Waals surface area (Å²) in [5.41, 5.74) is 0.146. The van der Waals surface area contributed by atoms with Crippen LogP contribution in [0.15, 0.2) is 0 Å². The zero-order valence-corrected chi connectivity index (χ0v) is 18.5. The molecule has 0 radical (unpaired) electrons. The first-order chi connectivity index (χ1) is 11.6. The molecule has 0 amide bonds. The van der Waals surface area contributed by atoms with E-state index in [2.05, 4.69) is 55.4 Å². The lowest BCUT2D eigenvalue weighted by atomic mass is 9.75. The van der Waals surface area contributed by atoms with Gasteiger partial charge in [0.05, 0.1) is 5.92 Å². The zero-order chi connectivity index (χ0) is 19.5. The molecule has 0 fully saturated rings. The fourth-order valence-corrected chi connectivity index (χ4v) is 3.37. The quantitative estimate of drug-likeness (QED) is 0.254. The number of hydrogen-bond donors (Lipinski definition) is 0. The van der Waals surface area contributed by atoms with E-state index in [-0.39, 0.29) is 23.4 Å². The van der Waals surface area contributed by atoms with Gasteiger partial charge in [0.15, 0.2) is 0 Å². The minimum absolute atomic E-state index is 0.0138. The summed E-state index contributed by atoms with van der Waals surface area (Å²) in [6.45, 7) is 17.8. The van der Waals surface area contributed by atoms with E-state index >= 15 is 0 Å². The minimum atomic E-state index is 0.0138. The Bertz CT molecular complexity index is 330. The van der Waals surface area contributed by atoms with Crippen LogP contribution in [0.3, 0.4) is 0 Å². The van der Waals surface area contributed by atoms with Crippen LogP contribution in [0.1, 0.15) is 113 Å². The monoisotopic (exact) mass is 354 g/mol. The third-order valence-electron chi connectivity index (χ3n) is 5.36. The Balaban J connectivity index is 4.93. The normalized spacial score (nSPS) is 14.8. The maximum atomic E-state index is 13.0. The Hall–Kier alpha value is -0.530. The molecule has 0 N–H and O–H groups in total. The van der Waals surface area contributed by atoms with E-state index in [0.29, 0.717) is 11.8 Å². The molecule has 0 spiro atoms. The number of hydrogen-bond acceptors (Lipinski definition) is 2. The molecular weight excluding hydrogens is 308 g/mol. The van der Waals surface area contributed by atoms with Crippen molar-refractivity contribution in [1.82, 2.24) is 0 Å². The van der Waals surface area contributed by atoms with Crippen molar-refractivity contribution in [3.05, 3.63) is 0 Å². The van der Waals surface area contributed by atoms with Gasteiger partial charge in [-0.15, -0.1) is 0 Å².